The van der Waals surface area contributed by atoms with Crippen LogP contribution in [-0.2, 0) is 15.7 Å². The molecule has 1 aliphatic heterocycles. The highest BCUT2D eigenvalue weighted by Crippen LogP contribution is 2.37. The number of hydrogen-bond acceptors (Lipinski definition) is 4. The summed E-state index contributed by atoms with van der Waals surface area (Å²) in [6.07, 6.45) is -4.79. The Labute approximate surface area is 194 Å². The molecule has 1 aliphatic rings. The van der Waals surface area contributed by atoms with E-state index in [4.69, 9.17) is 4.74 Å². The largest absolute Gasteiger partial charge is 0.418 e. The molecular formula is C25H24F3N3O3. The van der Waals surface area contributed by atoms with E-state index in [2.05, 4.69) is 10.6 Å². The maximum Gasteiger partial charge on any atom is 0.418 e. The first-order valence-corrected chi connectivity index (χ1v) is 10.9. The summed E-state index contributed by atoms with van der Waals surface area (Å²) in [7, 11) is 0. The summed E-state index contributed by atoms with van der Waals surface area (Å²) in [4.78, 5) is 26.5. The lowest BCUT2D eigenvalue weighted by Gasteiger charge is -2.29. The van der Waals surface area contributed by atoms with Crippen LogP contribution < -0.4 is 15.5 Å². The smallest absolute Gasteiger partial charge is 0.378 e. The molecule has 0 atom stereocenters. The Morgan fingerprint density at radius 2 is 1.68 bits per heavy atom. The van der Waals surface area contributed by atoms with E-state index >= 15 is 0 Å². The number of carbonyl (C=O) groups is 2. The number of morpholine rings is 1. The zero-order chi connectivity index (χ0) is 24.1. The molecule has 4 rings (SSSR count). The third kappa shape index (κ3) is 5.66. The minimum atomic E-state index is -4.63. The van der Waals surface area contributed by atoms with E-state index in [0.717, 1.165) is 16.8 Å². The van der Waals surface area contributed by atoms with Crippen molar-refractivity contribution in [2.45, 2.75) is 12.6 Å². The number of anilines is 2. The predicted molar refractivity (Wildman–Crippen MR) is 124 cm³/mol. The maximum atomic E-state index is 13.7. The number of benzene rings is 3. The molecule has 6 nitrogen and oxygen atoms in total. The minimum absolute atomic E-state index is 0.00922. The second kappa shape index (κ2) is 10.1. The van der Waals surface area contributed by atoms with E-state index < -0.39 is 17.6 Å². The Morgan fingerprint density at radius 1 is 0.941 bits per heavy atom. The fourth-order valence-corrected chi connectivity index (χ4v) is 3.83. The molecule has 2 N–H and O–H groups in total. The molecule has 0 unspecified atom stereocenters. The van der Waals surface area contributed by atoms with Crippen molar-refractivity contribution in [1.29, 1.82) is 0 Å². The molecule has 0 radical (unpaired) electrons. The van der Waals surface area contributed by atoms with Gasteiger partial charge in [-0.2, -0.15) is 13.2 Å². The predicted octanol–water partition coefficient (Wildman–Crippen LogP) is 4.45. The Morgan fingerprint density at radius 3 is 2.41 bits per heavy atom. The van der Waals surface area contributed by atoms with Crippen LogP contribution in [0.5, 0.6) is 0 Å². The van der Waals surface area contributed by atoms with Crippen molar-refractivity contribution in [3.63, 3.8) is 0 Å². The highest BCUT2D eigenvalue weighted by Gasteiger charge is 2.34. The van der Waals surface area contributed by atoms with Gasteiger partial charge < -0.3 is 20.3 Å². The van der Waals surface area contributed by atoms with Gasteiger partial charge in [-0.15, -0.1) is 0 Å². The number of nitrogens with zero attached hydrogens (tertiary/aromatic N) is 1. The summed E-state index contributed by atoms with van der Waals surface area (Å²) in [6, 6.07) is 16.7. The molecule has 0 bridgehead atoms. The van der Waals surface area contributed by atoms with Gasteiger partial charge in [-0.3, -0.25) is 9.59 Å². The molecule has 3 aromatic rings. The van der Waals surface area contributed by atoms with E-state index in [1.54, 1.807) is 18.2 Å². The number of nitrogens with one attached hydrogen (secondary N) is 2. The Kier molecular flexibility index (Phi) is 7.02. The highest BCUT2D eigenvalue weighted by atomic mass is 19.4. The lowest BCUT2D eigenvalue weighted by molar-refractivity contribution is -0.136. The SMILES string of the molecule is O=C(CCNC(=O)c1ccc2ccccc2c1)Nc1ccc(N2CCOCC2)cc1C(F)(F)F. The number of alkyl halides is 3. The number of carbonyl (C=O) groups excluding carboxylic acids is 2. The van der Waals surface area contributed by atoms with Gasteiger partial charge in [0.1, 0.15) is 0 Å². The van der Waals surface area contributed by atoms with Gasteiger partial charge in [0.05, 0.1) is 24.5 Å². The fourth-order valence-electron chi connectivity index (χ4n) is 3.83. The van der Waals surface area contributed by atoms with Crippen molar-refractivity contribution in [1.82, 2.24) is 5.32 Å². The molecule has 1 heterocycles. The second-order valence-corrected chi connectivity index (χ2v) is 7.94. The molecule has 34 heavy (non-hydrogen) atoms. The molecule has 1 fully saturated rings. The highest BCUT2D eigenvalue weighted by molar-refractivity contribution is 5.99. The average Bonchev–Trinajstić information content (AvgIpc) is 2.83. The summed E-state index contributed by atoms with van der Waals surface area (Å²) < 4.78 is 46.2. The Hall–Kier alpha value is -3.59. The Balaban J connectivity index is 1.36. The van der Waals surface area contributed by atoms with Gasteiger partial charge in [-0.25, -0.2) is 0 Å². The van der Waals surface area contributed by atoms with Gasteiger partial charge in [-0.05, 0) is 41.1 Å². The van der Waals surface area contributed by atoms with Crippen molar-refractivity contribution in [2.24, 2.45) is 0 Å². The van der Waals surface area contributed by atoms with Gasteiger partial charge in [0, 0.05) is 37.3 Å². The summed E-state index contributed by atoms with van der Waals surface area (Å²) in [5.41, 5.74) is -0.353. The number of fused-ring (bicyclic) bond motifs is 1. The van der Waals surface area contributed by atoms with E-state index in [1.165, 1.54) is 6.07 Å². The second-order valence-electron chi connectivity index (χ2n) is 7.94. The summed E-state index contributed by atoms with van der Waals surface area (Å²) in [6.45, 7) is 1.89. The van der Waals surface area contributed by atoms with Gasteiger partial charge in [0.25, 0.3) is 5.91 Å². The van der Waals surface area contributed by atoms with E-state index in [0.29, 0.717) is 37.6 Å². The van der Waals surface area contributed by atoms with Gasteiger partial charge in [0.15, 0.2) is 0 Å². The summed E-state index contributed by atoms with van der Waals surface area (Å²) in [5.74, 6) is -0.979. The van der Waals surface area contributed by atoms with Crippen LogP contribution >= 0.6 is 0 Å². The number of hydrogen-bond donors (Lipinski definition) is 2. The third-order valence-electron chi connectivity index (χ3n) is 5.61. The van der Waals surface area contributed by atoms with E-state index in [1.807, 2.05) is 35.2 Å². The van der Waals surface area contributed by atoms with Gasteiger partial charge in [0.2, 0.25) is 5.91 Å². The van der Waals surface area contributed by atoms with E-state index in [-0.39, 0.29) is 24.6 Å². The van der Waals surface area contributed by atoms with Crippen molar-refractivity contribution in [3.8, 4) is 0 Å². The number of ether oxygens (including phenoxy) is 1. The number of rotatable bonds is 6. The average molecular weight is 471 g/mol. The first-order valence-electron chi connectivity index (χ1n) is 10.9. The molecule has 0 aliphatic carbocycles. The van der Waals surface area contributed by atoms with Crippen LogP contribution in [0.3, 0.4) is 0 Å². The van der Waals surface area contributed by atoms with E-state index in [9.17, 15) is 22.8 Å². The molecular weight excluding hydrogens is 447 g/mol. The minimum Gasteiger partial charge on any atom is -0.378 e. The first-order chi connectivity index (χ1) is 16.3. The van der Waals surface area contributed by atoms with Gasteiger partial charge >= 0.3 is 6.18 Å². The molecule has 178 valence electrons. The summed E-state index contributed by atoms with van der Waals surface area (Å²) in [5, 5.41) is 6.88. The molecule has 0 spiro atoms. The van der Waals surface area contributed by atoms with Crippen LogP contribution in [0.2, 0.25) is 0 Å². The number of amides is 2. The fraction of sp³-hybridized carbons (Fsp3) is 0.280. The quantitative estimate of drug-likeness (QED) is 0.557. The molecule has 0 saturated carbocycles. The van der Waals surface area contributed by atoms with Gasteiger partial charge in [-0.1, -0.05) is 30.3 Å². The lowest BCUT2D eigenvalue weighted by Crippen LogP contribution is -2.36. The van der Waals surface area contributed by atoms with Crippen molar-refractivity contribution >= 4 is 34.0 Å². The molecule has 1 saturated heterocycles. The van der Waals surface area contributed by atoms with Crippen molar-refractivity contribution < 1.29 is 27.5 Å². The molecule has 2 amide bonds. The maximum absolute atomic E-state index is 13.7. The molecule has 9 heteroatoms. The van der Waals surface area contributed by atoms with Crippen molar-refractivity contribution in [2.75, 3.05) is 43.1 Å². The third-order valence-corrected chi connectivity index (χ3v) is 5.61. The first kappa shape index (κ1) is 23.6. The number of halogens is 3. The van der Waals surface area contributed by atoms with Crippen LogP contribution in [0.15, 0.2) is 60.7 Å². The zero-order valence-corrected chi connectivity index (χ0v) is 18.3. The van der Waals surface area contributed by atoms with Crippen LogP contribution in [0.25, 0.3) is 10.8 Å². The molecule has 3 aromatic carbocycles. The lowest BCUT2D eigenvalue weighted by atomic mass is 10.1. The van der Waals surface area contributed by atoms with Crippen LogP contribution in [0.4, 0.5) is 24.5 Å². The summed E-state index contributed by atoms with van der Waals surface area (Å²) >= 11 is 0. The zero-order valence-electron chi connectivity index (χ0n) is 18.3. The van der Waals surface area contributed by atoms with Crippen LogP contribution in [0.1, 0.15) is 22.3 Å². The topological polar surface area (TPSA) is 70.7 Å². The standard InChI is InChI=1S/C25H24F3N3O3/c26-25(27,28)21-16-20(31-11-13-34-14-12-31)7-8-22(21)30-23(32)9-10-29-24(33)19-6-5-17-3-1-2-4-18(17)15-19/h1-8,15-16H,9-14H2,(H,29,33)(H,30,32). The normalized spacial score (nSPS) is 14.1. The van der Waals surface area contributed by atoms with Crippen molar-refractivity contribution in [3.05, 3.63) is 71.8 Å². The Bertz CT molecular complexity index is 1190. The van der Waals surface area contributed by atoms with Crippen LogP contribution in [-0.4, -0.2) is 44.7 Å². The van der Waals surface area contributed by atoms with Crippen LogP contribution in [0, 0.1) is 0 Å². The molecule has 0 aromatic heterocycles. The monoisotopic (exact) mass is 471 g/mol.